The molecular weight excluding hydrogens is 99.0 g/mol. The average molecular weight is 106 g/mol. The Balaban J connectivity index is 3.45. The zero-order valence-electron chi connectivity index (χ0n) is 3.93. The van der Waals surface area contributed by atoms with Gasteiger partial charge in [-0.25, -0.2) is 4.39 Å². The maximum Gasteiger partial charge on any atom is 0.174 e. The zero-order chi connectivity index (χ0) is 5.86. The summed E-state index contributed by atoms with van der Waals surface area (Å²) in [6.45, 7) is 1.14. The van der Waals surface area contributed by atoms with Crippen LogP contribution in [0.1, 0.15) is 6.92 Å². The normalized spacial score (nSPS) is 13.0. The lowest BCUT2D eigenvalue weighted by atomic mass is 10.5. The molecule has 0 aromatic heterocycles. The van der Waals surface area contributed by atoms with Gasteiger partial charge < -0.3 is 10.2 Å². The van der Waals surface area contributed by atoms with Crippen molar-refractivity contribution >= 4 is 0 Å². The van der Waals surface area contributed by atoms with E-state index >= 15 is 0 Å². The monoisotopic (exact) mass is 106 g/mol. The van der Waals surface area contributed by atoms with E-state index in [0.29, 0.717) is 6.08 Å². The topological polar surface area (TPSA) is 40.5 Å². The van der Waals surface area contributed by atoms with E-state index in [1.165, 1.54) is 0 Å². The van der Waals surface area contributed by atoms with Crippen LogP contribution in [0.25, 0.3) is 0 Å². The summed E-state index contributed by atoms with van der Waals surface area (Å²) < 4.78 is 11.5. The molecule has 0 fully saturated rings. The van der Waals surface area contributed by atoms with Crippen molar-refractivity contribution in [3.8, 4) is 0 Å². The Morgan fingerprint density at radius 2 is 2.14 bits per heavy atom. The molecule has 7 heavy (non-hydrogen) atoms. The first-order chi connectivity index (χ1) is 3.13. The summed E-state index contributed by atoms with van der Waals surface area (Å²) in [5.41, 5.74) is 0. The van der Waals surface area contributed by atoms with Gasteiger partial charge in [0.05, 0.1) is 5.83 Å². The molecule has 0 aliphatic carbocycles. The number of aliphatic hydroxyl groups is 2. The van der Waals surface area contributed by atoms with Gasteiger partial charge in [-0.15, -0.1) is 0 Å². The molecule has 0 aromatic carbocycles. The van der Waals surface area contributed by atoms with Crippen molar-refractivity contribution in [3.05, 3.63) is 11.9 Å². The molecule has 0 bridgehead atoms. The van der Waals surface area contributed by atoms with Gasteiger partial charge in [-0.1, -0.05) is 0 Å². The van der Waals surface area contributed by atoms with Crippen LogP contribution in [0.3, 0.4) is 0 Å². The standard InChI is InChI=1S/C4H7FO2/c1-3(5)2-4(6)7/h2,4,6-7H,1H3. The highest BCUT2D eigenvalue weighted by molar-refractivity contribution is 4.87. The summed E-state index contributed by atoms with van der Waals surface area (Å²) in [6, 6.07) is 0. The minimum Gasteiger partial charge on any atom is -0.365 e. The molecule has 0 rings (SSSR count). The lowest BCUT2D eigenvalue weighted by Crippen LogP contribution is -1.97. The molecule has 2 N–H and O–H groups in total. The van der Waals surface area contributed by atoms with Gasteiger partial charge >= 0.3 is 0 Å². The van der Waals surface area contributed by atoms with Gasteiger partial charge in [-0.05, 0) is 6.92 Å². The van der Waals surface area contributed by atoms with Crippen LogP contribution in [0.2, 0.25) is 0 Å². The van der Waals surface area contributed by atoms with Crippen LogP contribution in [0.4, 0.5) is 4.39 Å². The van der Waals surface area contributed by atoms with Crippen molar-refractivity contribution in [3.63, 3.8) is 0 Å². The third kappa shape index (κ3) is 5.59. The third-order valence-corrected chi connectivity index (χ3v) is 0.379. The molecule has 0 aliphatic rings. The van der Waals surface area contributed by atoms with E-state index in [-0.39, 0.29) is 0 Å². The van der Waals surface area contributed by atoms with Gasteiger partial charge in [0.1, 0.15) is 0 Å². The molecule has 0 saturated carbocycles. The number of hydrogen-bond acceptors (Lipinski definition) is 2. The van der Waals surface area contributed by atoms with Crippen molar-refractivity contribution in [1.29, 1.82) is 0 Å². The molecule has 3 heteroatoms. The SMILES string of the molecule is CC(F)=CC(O)O. The van der Waals surface area contributed by atoms with Crippen molar-refractivity contribution in [2.24, 2.45) is 0 Å². The highest BCUT2D eigenvalue weighted by Gasteiger charge is 1.88. The lowest BCUT2D eigenvalue weighted by Gasteiger charge is -1.89. The minimum atomic E-state index is -1.66. The highest BCUT2D eigenvalue weighted by Crippen LogP contribution is 1.92. The van der Waals surface area contributed by atoms with E-state index in [4.69, 9.17) is 10.2 Å². The molecule has 0 atom stereocenters. The fourth-order valence-electron chi connectivity index (χ4n) is 0.205. The van der Waals surface area contributed by atoms with Crippen molar-refractivity contribution in [2.75, 3.05) is 0 Å². The summed E-state index contributed by atoms with van der Waals surface area (Å²) in [5, 5.41) is 15.9. The van der Waals surface area contributed by atoms with Gasteiger partial charge in [-0.3, -0.25) is 0 Å². The predicted octanol–water partition coefficient (Wildman–Crippen LogP) is 0.170. The van der Waals surface area contributed by atoms with Crippen LogP contribution in [0, 0.1) is 0 Å². The fraction of sp³-hybridized carbons (Fsp3) is 0.500. The van der Waals surface area contributed by atoms with Gasteiger partial charge in [0.2, 0.25) is 0 Å². The Kier molecular flexibility index (Phi) is 2.55. The number of halogens is 1. The number of hydrogen-bond donors (Lipinski definition) is 2. The molecule has 0 heterocycles. The first kappa shape index (κ1) is 6.59. The smallest absolute Gasteiger partial charge is 0.174 e. The third-order valence-electron chi connectivity index (χ3n) is 0.379. The first-order valence-corrected chi connectivity index (χ1v) is 1.83. The van der Waals surface area contributed by atoms with Crippen LogP contribution >= 0.6 is 0 Å². The summed E-state index contributed by atoms with van der Waals surface area (Å²) >= 11 is 0. The quantitative estimate of drug-likeness (QED) is 0.468. The number of aliphatic hydroxyl groups excluding tert-OH is 1. The van der Waals surface area contributed by atoms with Crippen molar-refractivity contribution in [2.45, 2.75) is 13.2 Å². The Morgan fingerprint density at radius 1 is 1.71 bits per heavy atom. The second-order valence-electron chi connectivity index (χ2n) is 1.17. The molecule has 0 aliphatic heterocycles. The summed E-state index contributed by atoms with van der Waals surface area (Å²) in [5.74, 6) is -0.588. The van der Waals surface area contributed by atoms with E-state index in [1.807, 2.05) is 0 Å². The van der Waals surface area contributed by atoms with Gasteiger partial charge in [0.15, 0.2) is 6.29 Å². The summed E-state index contributed by atoms with van der Waals surface area (Å²) in [7, 11) is 0. The minimum absolute atomic E-state index is 0.588. The molecular formula is C4H7FO2. The second kappa shape index (κ2) is 2.71. The van der Waals surface area contributed by atoms with Crippen LogP contribution in [-0.4, -0.2) is 16.5 Å². The van der Waals surface area contributed by atoms with E-state index in [0.717, 1.165) is 6.92 Å². The predicted molar refractivity (Wildman–Crippen MR) is 23.1 cm³/mol. The molecule has 0 amide bonds. The van der Waals surface area contributed by atoms with Gasteiger partial charge in [0, 0.05) is 6.08 Å². The first-order valence-electron chi connectivity index (χ1n) is 1.83. The van der Waals surface area contributed by atoms with Crippen LogP contribution < -0.4 is 0 Å². The highest BCUT2D eigenvalue weighted by atomic mass is 19.1. The van der Waals surface area contributed by atoms with Gasteiger partial charge in [-0.2, -0.15) is 0 Å². The lowest BCUT2D eigenvalue weighted by molar-refractivity contribution is 0.000880. The maximum atomic E-state index is 11.5. The van der Waals surface area contributed by atoms with Crippen molar-refractivity contribution in [1.82, 2.24) is 0 Å². The Morgan fingerprint density at radius 3 is 2.14 bits per heavy atom. The van der Waals surface area contributed by atoms with Crippen LogP contribution in [0.15, 0.2) is 11.9 Å². The van der Waals surface area contributed by atoms with Crippen molar-refractivity contribution < 1.29 is 14.6 Å². The largest absolute Gasteiger partial charge is 0.365 e. The summed E-state index contributed by atoms with van der Waals surface area (Å²) in [6.07, 6.45) is -0.968. The van der Waals surface area contributed by atoms with Crippen LogP contribution in [0.5, 0.6) is 0 Å². The van der Waals surface area contributed by atoms with E-state index in [9.17, 15) is 4.39 Å². The maximum absolute atomic E-state index is 11.5. The van der Waals surface area contributed by atoms with E-state index < -0.39 is 12.1 Å². The molecule has 0 spiro atoms. The zero-order valence-corrected chi connectivity index (χ0v) is 3.93. The Hall–Kier alpha value is -0.410. The molecule has 42 valence electrons. The molecule has 0 aromatic rings. The fourth-order valence-corrected chi connectivity index (χ4v) is 0.205. The second-order valence-corrected chi connectivity index (χ2v) is 1.17. The molecule has 0 unspecified atom stereocenters. The van der Waals surface area contributed by atoms with E-state index in [2.05, 4.69) is 0 Å². The average Bonchev–Trinajstić information content (AvgIpc) is 1.27. The Labute approximate surface area is 40.9 Å². The molecule has 2 nitrogen and oxygen atoms in total. The number of rotatable bonds is 1. The van der Waals surface area contributed by atoms with Crippen LogP contribution in [-0.2, 0) is 0 Å². The molecule has 0 radical (unpaired) electrons. The number of allylic oxidation sites excluding steroid dienone is 1. The van der Waals surface area contributed by atoms with Gasteiger partial charge in [0.25, 0.3) is 0 Å². The van der Waals surface area contributed by atoms with E-state index in [1.54, 1.807) is 0 Å². The molecule has 0 saturated heterocycles. The summed E-state index contributed by atoms with van der Waals surface area (Å²) in [4.78, 5) is 0. The Bertz CT molecular complexity index is 73.8.